The summed E-state index contributed by atoms with van der Waals surface area (Å²) >= 11 is 0. The van der Waals surface area contributed by atoms with E-state index >= 15 is 0 Å². The van der Waals surface area contributed by atoms with Crippen LogP contribution in [-0.4, -0.2) is 25.2 Å². The lowest BCUT2D eigenvalue weighted by molar-refractivity contribution is -0.144. The van der Waals surface area contributed by atoms with Gasteiger partial charge in [0.25, 0.3) is 0 Å². The van der Waals surface area contributed by atoms with Crippen molar-refractivity contribution >= 4 is 28.7 Å². The second kappa shape index (κ2) is 9.26. The Labute approximate surface area is 174 Å². The summed E-state index contributed by atoms with van der Waals surface area (Å²) in [6, 6.07) is 14.6. The molecular weight excluding hydrogens is 384 g/mol. The van der Waals surface area contributed by atoms with Gasteiger partial charge >= 0.3 is 17.6 Å². The van der Waals surface area contributed by atoms with Crippen molar-refractivity contribution in [3.05, 3.63) is 65.0 Å². The average Bonchev–Trinajstić information content (AvgIpc) is 2.76. The van der Waals surface area contributed by atoms with Gasteiger partial charge in [0, 0.05) is 11.1 Å². The maximum absolute atomic E-state index is 12.3. The van der Waals surface area contributed by atoms with Gasteiger partial charge in [-0.3, -0.25) is 0 Å². The molecule has 0 spiro atoms. The monoisotopic (exact) mass is 408 g/mol. The van der Waals surface area contributed by atoms with Crippen molar-refractivity contribution < 1.29 is 18.7 Å². The Balaban J connectivity index is 1.74. The van der Waals surface area contributed by atoms with Crippen LogP contribution in [0.1, 0.15) is 20.3 Å². The molecule has 0 radical (unpaired) electrons. The molecule has 0 aliphatic rings. The lowest BCUT2D eigenvalue weighted by Gasteiger charge is -2.22. The van der Waals surface area contributed by atoms with E-state index in [2.05, 4.69) is 10.6 Å². The fourth-order valence-electron chi connectivity index (χ4n) is 3.10. The molecule has 2 amide bonds. The summed E-state index contributed by atoms with van der Waals surface area (Å²) < 4.78 is 10.1. The maximum atomic E-state index is 12.3. The first-order valence-corrected chi connectivity index (χ1v) is 9.71. The second-order valence-electron chi connectivity index (χ2n) is 7.05. The Morgan fingerprint density at radius 2 is 1.80 bits per heavy atom. The Morgan fingerprint density at radius 3 is 2.47 bits per heavy atom. The first-order chi connectivity index (χ1) is 14.4. The number of benzene rings is 2. The van der Waals surface area contributed by atoms with Crippen molar-refractivity contribution in [1.82, 2.24) is 5.32 Å². The van der Waals surface area contributed by atoms with E-state index in [1.54, 1.807) is 36.4 Å². The summed E-state index contributed by atoms with van der Waals surface area (Å²) in [6.45, 7) is 3.80. The van der Waals surface area contributed by atoms with E-state index in [9.17, 15) is 14.4 Å². The standard InChI is InChI=1S/C23H24N2O5/c1-4-14(2)20(22(27)29-3)25-23(28)24-17-11-9-15(10-12-17)18-13-16-7-5-6-8-19(16)30-21(18)26/h5-14,20H,4H2,1-3H3,(H2,24,25,28). The first kappa shape index (κ1) is 21.1. The van der Waals surface area contributed by atoms with Crippen molar-refractivity contribution in [1.29, 1.82) is 0 Å². The molecule has 3 aromatic rings. The van der Waals surface area contributed by atoms with Crippen LogP contribution in [0.5, 0.6) is 0 Å². The third kappa shape index (κ3) is 4.68. The molecule has 7 heteroatoms. The molecule has 7 nitrogen and oxygen atoms in total. The van der Waals surface area contributed by atoms with Crippen LogP contribution in [0, 0.1) is 5.92 Å². The number of amides is 2. The van der Waals surface area contributed by atoms with Crippen LogP contribution in [0.4, 0.5) is 10.5 Å². The van der Waals surface area contributed by atoms with Gasteiger partial charge in [0.1, 0.15) is 11.6 Å². The van der Waals surface area contributed by atoms with E-state index in [-0.39, 0.29) is 5.92 Å². The number of carbonyl (C=O) groups is 2. The summed E-state index contributed by atoms with van der Waals surface area (Å²) in [5.41, 5.74) is 1.73. The van der Waals surface area contributed by atoms with Gasteiger partial charge in [-0.2, -0.15) is 0 Å². The molecule has 2 atom stereocenters. The number of esters is 1. The van der Waals surface area contributed by atoms with Crippen LogP contribution in [-0.2, 0) is 9.53 Å². The van der Waals surface area contributed by atoms with Crippen LogP contribution >= 0.6 is 0 Å². The van der Waals surface area contributed by atoms with Crippen molar-refractivity contribution in [2.45, 2.75) is 26.3 Å². The molecule has 0 bridgehead atoms. The molecule has 0 saturated heterocycles. The number of methoxy groups -OCH3 is 1. The number of carbonyl (C=O) groups excluding carboxylic acids is 2. The molecule has 2 unspecified atom stereocenters. The number of hydrogen-bond donors (Lipinski definition) is 2. The third-order valence-electron chi connectivity index (χ3n) is 5.05. The highest BCUT2D eigenvalue weighted by molar-refractivity contribution is 5.93. The zero-order chi connectivity index (χ0) is 21.7. The van der Waals surface area contributed by atoms with Gasteiger partial charge in [-0.25, -0.2) is 14.4 Å². The molecule has 156 valence electrons. The van der Waals surface area contributed by atoms with Gasteiger partial charge in [0.15, 0.2) is 0 Å². The Hall–Kier alpha value is -3.61. The molecule has 0 aliphatic heterocycles. The van der Waals surface area contributed by atoms with Crippen LogP contribution in [0.3, 0.4) is 0 Å². The van der Waals surface area contributed by atoms with Crippen LogP contribution in [0.2, 0.25) is 0 Å². The topological polar surface area (TPSA) is 97.6 Å². The summed E-state index contributed by atoms with van der Waals surface area (Å²) in [4.78, 5) is 36.6. The first-order valence-electron chi connectivity index (χ1n) is 9.71. The van der Waals surface area contributed by atoms with E-state index in [0.717, 1.165) is 5.39 Å². The van der Waals surface area contributed by atoms with Crippen LogP contribution < -0.4 is 16.3 Å². The predicted molar refractivity (Wildman–Crippen MR) is 115 cm³/mol. The number of para-hydroxylation sites is 1. The van der Waals surface area contributed by atoms with Gasteiger partial charge in [-0.15, -0.1) is 0 Å². The van der Waals surface area contributed by atoms with E-state index in [1.165, 1.54) is 7.11 Å². The lowest BCUT2D eigenvalue weighted by Crippen LogP contribution is -2.47. The van der Waals surface area contributed by atoms with Crippen molar-refractivity contribution in [2.75, 3.05) is 12.4 Å². The van der Waals surface area contributed by atoms with E-state index in [4.69, 9.17) is 9.15 Å². The zero-order valence-electron chi connectivity index (χ0n) is 17.1. The minimum Gasteiger partial charge on any atom is -0.467 e. The van der Waals surface area contributed by atoms with Gasteiger partial charge in [0.05, 0.1) is 12.7 Å². The highest BCUT2D eigenvalue weighted by atomic mass is 16.5. The second-order valence-corrected chi connectivity index (χ2v) is 7.05. The molecule has 1 heterocycles. The maximum Gasteiger partial charge on any atom is 0.344 e. The lowest BCUT2D eigenvalue weighted by atomic mass is 9.99. The number of nitrogens with one attached hydrogen (secondary N) is 2. The molecule has 30 heavy (non-hydrogen) atoms. The number of hydrogen-bond acceptors (Lipinski definition) is 5. The van der Waals surface area contributed by atoms with Crippen molar-refractivity contribution in [3.8, 4) is 11.1 Å². The number of fused-ring (bicyclic) bond motifs is 1. The summed E-state index contributed by atoms with van der Waals surface area (Å²) in [5.74, 6) is -0.560. The Bertz CT molecular complexity index is 1100. The van der Waals surface area contributed by atoms with Crippen molar-refractivity contribution in [2.24, 2.45) is 5.92 Å². The predicted octanol–water partition coefficient (Wildman–Crippen LogP) is 4.17. The van der Waals surface area contributed by atoms with Gasteiger partial charge < -0.3 is 19.8 Å². The molecule has 0 saturated carbocycles. The summed E-state index contributed by atoms with van der Waals surface area (Å²) in [7, 11) is 1.29. The average molecular weight is 408 g/mol. The minimum atomic E-state index is -0.735. The van der Waals surface area contributed by atoms with Gasteiger partial charge in [-0.1, -0.05) is 50.6 Å². The molecule has 3 rings (SSSR count). The SMILES string of the molecule is CCC(C)C(NC(=O)Nc1ccc(-c2cc3ccccc3oc2=O)cc1)C(=O)OC. The normalized spacial score (nSPS) is 12.8. The zero-order valence-corrected chi connectivity index (χ0v) is 17.1. The Morgan fingerprint density at radius 1 is 1.10 bits per heavy atom. The third-order valence-corrected chi connectivity index (χ3v) is 5.05. The molecule has 2 N–H and O–H groups in total. The van der Waals surface area contributed by atoms with E-state index in [1.807, 2.05) is 32.0 Å². The molecule has 1 aromatic heterocycles. The summed E-state index contributed by atoms with van der Waals surface area (Å²) in [6.07, 6.45) is 0.711. The van der Waals surface area contributed by atoms with Crippen LogP contribution in [0.15, 0.2) is 63.8 Å². The largest absolute Gasteiger partial charge is 0.467 e. The molecule has 2 aromatic carbocycles. The number of ether oxygens (including phenoxy) is 1. The highest BCUT2D eigenvalue weighted by Gasteiger charge is 2.26. The van der Waals surface area contributed by atoms with E-state index < -0.39 is 23.7 Å². The summed E-state index contributed by atoms with van der Waals surface area (Å²) in [5, 5.41) is 6.17. The smallest absolute Gasteiger partial charge is 0.344 e. The van der Waals surface area contributed by atoms with Gasteiger partial charge in [-0.05, 0) is 35.7 Å². The molecule has 0 aliphatic carbocycles. The minimum absolute atomic E-state index is 0.0716. The number of anilines is 1. The van der Waals surface area contributed by atoms with Gasteiger partial charge in [0.2, 0.25) is 0 Å². The highest BCUT2D eigenvalue weighted by Crippen LogP contribution is 2.22. The fraction of sp³-hybridized carbons (Fsp3) is 0.261. The Kier molecular flexibility index (Phi) is 6.51. The van der Waals surface area contributed by atoms with Crippen LogP contribution in [0.25, 0.3) is 22.1 Å². The van der Waals surface area contributed by atoms with Crippen molar-refractivity contribution in [3.63, 3.8) is 0 Å². The van der Waals surface area contributed by atoms with E-state index in [0.29, 0.717) is 28.8 Å². The molecular formula is C23H24N2O5. The quantitative estimate of drug-likeness (QED) is 0.471. The number of urea groups is 1. The number of rotatable bonds is 6. The fourth-order valence-corrected chi connectivity index (χ4v) is 3.10. The molecule has 0 fully saturated rings.